The SMILES string of the molecule is CCOCc1cc(OCC)c(OCC)c(OC)c1C. The minimum absolute atomic E-state index is 0.547. The molecule has 4 nitrogen and oxygen atoms in total. The molecule has 0 N–H and O–H groups in total. The van der Waals surface area contributed by atoms with Crippen LogP contribution in [0.5, 0.6) is 17.2 Å². The Kier molecular flexibility index (Phi) is 6.50. The number of hydrogen-bond donors (Lipinski definition) is 0. The van der Waals surface area contributed by atoms with E-state index in [0.29, 0.717) is 37.9 Å². The van der Waals surface area contributed by atoms with Crippen LogP contribution in [0.2, 0.25) is 0 Å². The molecule has 0 atom stereocenters. The summed E-state index contributed by atoms with van der Waals surface area (Å²) < 4.78 is 22.3. The van der Waals surface area contributed by atoms with Crippen LogP contribution in [-0.4, -0.2) is 26.9 Å². The van der Waals surface area contributed by atoms with Gasteiger partial charge in [0.05, 0.1) is 26.9 Å². The quantitative estimate of drug-likeness (QED) is 0.724. The summed E-state index contributed by atoms with van der Waals surface area (Å²) in [5, 5.41) is 0. The van der Waals surface area contributed by atoms with E-state index in [0.717, 1.165) is 16.9 Å². The van der Waals surface area contributed by atoms with Crippen LogP contribution in [0.25, 0.3) is 0 Å². The fourth-order valence-corrected chi connectivity index (χ4v) is 1.91. The highest BCUT2D eigenvalue weighted by molar-refractivity contribution is 5.58. The van der Waals surface area contributed by atoms with E-state index in [1.54, 1.807) is 7.11 Å². The maximum atomic E-state index is 5.66. The Morgan fingerprint density at radius 3 is 2.16 bits per heavy atom. The van der Waals surface area contributed by atoms with Crippen molar-refractivity contribution in [3.05, 3.63) is 17.2 Å². The molecular weight excluding hydrogens is 244 g/mol. The molecule has 0 unspecified atom stereocenters. The van der Waals surface area contributed by atoms with E-state index in [4.69, 9.17) is 18.9 Å². The number of ether oxygens (including phenoxy) is 4. The van der Waals surface area contributed by atoms with Crippen LogP contribution in [0.1, 0.15) is 31.9 Å². The molecule has 0 bridgehead atoms. The Morgan fingerprint density at radius 1 is 0.947 bits per heavy atom. The molecule has 0 saturated carbocycles. The highest BCUT2D eigenvalue weighted by Crippen LogP contribution is 2.42. The lowest BCUT2D eigenvalue weighted by Crippen LogP contribution is -2.05. The maximum Gasteiger partial charge on any atom is 0.203 e. The fraction of sp³-hybridized carbons (Fsp3) is 0.600. The lowest BCUT2D eigenvalue weighted by Gasteiger charge is -2.19. The average molecular weight is 268 g/mol. The van der Waals surface area contributed by atoms with Crippen LogP contribution in [0.3, 0.4) is 0 Å². The van der Waals surface area contributed by atoms with Gasteiger partial charge in [-0.15, -0.1) is 0 Å². The van der Waals surface area contributed by atoms with Gasteiger partial charge in [-0.25, -0.2) is 0 Å². The summed E-state index contributed by atoms with van der Waals surface area (Å²) in [6.45, 7) is 10.3. The van der Waals surface area contributed by atoms with Gasteiger partial charge in [-0.3, -0.25) is 0 Å². The lowest BCUT2D eigenvalue weighted by atomic mass is 10.1. The normalized spacial score (nSPS) is 10.4. The zero-order chi connectivity index (χ0) is 14.3. The predicted octanol–water partition coefficient (Wildman–Crippen LogP) is 3.34. The Bertz CT molecular complexity index is 402. The van der Waals surface area contributed by atoms with E-state index in [-0.39, 0.29) is 0 Å². The van der Waals surface area contributed by atoms with Gasteiger partial charge in [0, 0.05) is 12.2 Å². The van der Waals surface area contributed by atoms with Crippen LogP contribution in [-0.2, 0) is 11.3 Å². The first-order valence-corrected chi connectivity index (χ1v) is 6.73. The molecule has 1 aromatic rings. The summed E-state index contributed by atoms with van der Waals surface area (Å²) >= 11 is 0. The third-order valence-electron chi connectivity index (χ3n) is 2.81. The minimum atomic E-state index is 0.547. The molecule has 0 aromatic heterocycles. The molecule has 0 aliphatic rings. The molecule has 4 heteroatoms. The molecule has 0 radical (unpaired) electrons. The summed E-state index contributed by atoms with van der Waals surface area (Å²) in [6.07, 6.45) is 0. The van der Waals surface area contributed by atoms with Gasteiger partial charge in [-0.1, -0.05) is 0 Å². The topological polar surface area (TPSA) is 36.9 Å². The van der Waals surface area contributed by atoms with Gasteiger partial charge in [0.25, 0.3) is 0 Å². The second-order valence-corrected chi connectivity index (χ2v) is 4.02. The molecule has 108 valence electrons. The van der Waals surface area contributed by atoms with Crippen molar-refractivity contribution in [1.29, 1.82) is 0 Å². The Hall–Kier alpha value is -1.42. The minimum Gasteiger partial charge on any atom is -0.492 e. The highest BCUT2D eigenvalue weighted by Gasteiger charge is 2.18. The summed E-state index contributed by atoms with van der Waals surface area (Å²) in [6, 6.07) is 1.97. The van der Waals surface area contributed by atoms with Gasteiger partial charge >= 0.3 is 0 Å². The molecule has 0 spiro atoms. The molecular formula is C15H24O4. The van der Waals surface area contributed by atoms with Gasteiger partial charge < -0.3 is 18.9 Å². The van der Waals surface area contributed by atoms with Gasteiger partial charge in [-0.05, 0) is 39.3 Å². The van der Waals surface area contributed by atoms with Crippen molar-refractivity contribution in [1.82, 2.24) is 0 Å². The Morgan fingerprint density at radius 2 is 1.63 bits per heavy atom. The van der Waals surface area contributed by atoms with Crippen molar-refractivity contribution in [3.63, 3.8) is 0 Å². The zero-order valence-corrected chi connectivity index (χ0v) is 12.5. The molecule has 0 heterocycles. The van der Waals surface area contributed by atoms with E-state index in [2.05, 4.69) is 0 Å². The molecule has 0 aliphatic heterocycles. The van der Waals surface area contributed by atoms with Crippen LogP contribution < -0.4 is 14.2 Å². The van der Waals surface area contributed by atoms with Crippen molar-refractivity contribution in [2.24, 2.45) is 0 Å². The van der Waals surface area contributed by atoms with Gasteiger partial charge in [-0.2, -0.15) is 0 Å². The lowest BCUT2D eigenvalue weighted by molar-refractivity contribution is 0.133. The molecule has 0 fully saturated rings. The number of benzene rings is 1. The third kappa shape index (κ3) is 3.77. The highest BCUT2D eigenvalue weighted by atomic mass is 16.5. The van der Waals surface area contributed by atoms with E-state index in [9.17, 15) is 0 Å². The first-order chi connectivity index (χ1) is 9.19. The van der Waals surface area contributed by atoms with Crippen molar-refractivity contribution < 1.29 is 18.9 Å². The maximum absolute atomic E-state index is 5.66. The average Bonchev–Trinajstić information content (AvgIpc) is 2.41. The smallest absolute Gasteiger partial charge is 0.203 e. The second kappa shape index (κ2) is 7.89. The number of rotatable bonds is 8. The summed E-state index contributed by atoms with van der Waals surface area (Å²) in [5.41, 5.74) is 2.09. The zero-order valence-electron chi connectivity index (χ0n) is 12.5. The molecule has 19 heavy (non-hydrogen) atoms. The Labute approximate surface area is 115 Å². The van der Waals surface area contributed by atoms with Crippen LogP contribution in [0.4, 0.5) is 0 Å². The second-order valence-electron chi connectivity index (χ2n) is 4.02. The Balaban J connectivity index is 3.25. The first kappa shape index (κ1) is 15.6. The van der Waals surface area contributed by atoms with Crippen LogP contribution in [0.15, 0.2) is 6.07 Å². The molecule has 0 amide bonds. The van der Waals surface area contributed by atoms with Gasteiger partial charge in [0.2, 0.25) is 5.75 Å². The number of hydrogen-bond acceptors (Lipinski definition) is 4. The molecule has 0 aliphatic carbocycles. The van der Waals surface area contributed by atoms with Crippen molar-refractivity contribution in [3.8, 4) is 17.2 Å². The summed E-state index contributed by atoms with van der Waals surface area (Å²) in [4.78, 5) is 0. The predicted molar refractivity (Wildman–Crippen MR) is 75.4 cm³/mol. The number of methoxy groups -OCH3 is 1. The van der Waals surface area contributed by atoms with Crippen LogP contribution >= 0.6 is 0 Å². The van der Waals surface area contributed by atoms with Gasteiger partial charge in [0.1, 0.15) is 0 Å². The van der Waals surface area contributed by atoms with Crippen molar-refractivity contribution in [2.45, 2.75) is 34.3 Å². The fourth-order valence-electron chi connectivity index (χ4n) is 1.91. The third-order valence-corrected chi connectivity index (χ3v) is 2.81. The van der Waals surface area contributed by atoms with Crippen molar-refractivity contribution >= 4 is 0 Å². The van der Waals surface area contributed by atoms with Gasteiger partial charge in [0.15, 0.2) is 11.5 Å². The largest absolute Gasteiger partial charge is 0.492 e. The molecule has 1 aromatic carbocycles. The molecule has 1 rings (SSSR count). The van der Waals surface area contributed by atoms with E-state index in [1.807, 2.05) is 33.8 Å². The summed E-state index contributed by atoms with van der Waals surface area (Å²) in [5.74, 6) is 2.11. The van der Waals surface area contributed by atoms with Crippen LogP contribution in [0, 0.1) is 6.92 Å². The van der Waals surface area contributed by atoms with E-state index >= 15 is 0 Å². The summed E-state index contributed by atoms with van der Waals surface area (Å²) in [7, 11) is 1.64. The molecule has 0 saturated heterocycles. The monoisotopic (exact) mass is 268 g/mol. The van der Waals surface area contributed by atoms with Crippen molar-refractivity contribution in [2.75, 3.05) is 26.9 Å². The van der Waals surface area contributed by atoms with E-state index < -0.39 is 0 Å². The first-order valence-electron chi connectivity index (χ1n) is 6.73. The standard InChI is InChI=1S/C15H24O4/c1-6-17-10-12-9-13(18-7-2)15(19-8-3)14(16-5)11(12)4/h9H,6-8,10H2,1-5H3. The van der Waals surface area contributed by atoms with E-state index in [1.165, 1.54) is 0 Å².